The minimum Gasteiger partial charge on any atom is -0.460 e. The number of benzene rings is 1. The molecular weight excluding hydrogens is 474 g/mol. The van der Waals surface area contributed by atoms with Gasteiger partial charge in [0.25, 0.3) is 0 Å². The fourth-order valence-electron chi connectivity index (χ4n) is 3.68. The summed E-state index contributed by atoms with van der Waals surface area (Å²) in [7, 11) is 0. The van der Waals surface area contributed by atoms with Crippen LogP contribution in [0.3, 0.4) is 0 Å². The summed E-state index contributed by atoms with van der Waals surface area (Å²) in [6.07, 6.45) is -0.620. The van der Waals surface area contributed by atoms with Crippen LogP contribution in [-0.2, 0) is 19.1 Å². The molecule has 0 unspecified atom stereocenters. The number of hydrogen-bond acceptors (Lipinski definition) is 6. The predicted octanol–water partition coefficient (Wildman–Crippen LogP) is 5.85. The first-order chi connectivity index (χ1) is 15.1. The summed E-state index contributed by atoms with van der Waals surface area (Å²) in [6, 6.07) is 11.3. The number of nitrogens with one attached hydrogen (secondary N) is 1. The SMILES string of the molecule is CC1=C(C(=O)OC(C)C)C(c2ccc(-c3cccc(Br)c3)o2)C(C(=O)OC(C)C)=C(C)N1. The van der Waals surface area contributed by atoms with Gasteiger partial charge < -0.3 is 19.2 Å². The molecule has 0 atom stereocenters. The van der Waals surface area contributed by atoms with Crippen molar-refractivity contribution in [1.29, 1.82) is 0 Å². The molecule has 6 nitrogen and oxygen atoms in total. The van der Waals surface area contributed by atoms with E-state index in [-0.39, 0.29) is 12.2 Å². The van der Waals surface area contributed by atoms with Crippen LogP contribution in [0.2, 0.25) is 0 Å². The Morgan fingerprint density at radius 3 is 2.00 bits per heavy atom. The molecule has 1 aromatic heterocycles. The van der Waals surface area contributed by atoms with Gasteiger partial charge in [0.05, 0.1) is 29.3 Å². The van der Waals surface area contributed by atoms with Crippen molar-refractivity contribution in [3.05, 3.63) is 69.2 Å². The zero-order valence-electron chi connectivity index (χ0n) is 19.1. The second kappa shape index (κ2) is 9.77. The molecule has 1 aliphatic heterocycles. The van der Waals surface area contributed by atoms with Crippen molar-refractivity contribution >= 4 is 27.9 Å². The fourth-order valence-corrected chi connectivity index (χ4v) is 4.08. The summed E-state index contributed by atoms with van der Waals surface area (Å²) in [5.74, 6) is -0.667. The van der Waals surface area contributed by atoms with Gasteiger partial charge in [-0.25, -0.2) is 9.59 Å². The molecule has 0 spiro atoms. The number of hydrogen-bond donors (Lipinski definition) is 1. The van der Waals surface area contributed by atoms with Crippen LogP contribution >= 0.6 is 15.9 Å². The second-order valence-corrected chi connectivity index (χ2v) is 9.17. The average molecular weight is 502 g/mol. The molecule has 0 bridgehead atoms. The molecule has 0 amide bonds. The quantitative estimate of drug-likeness (QED) is 0.500. The van der Waals surface area contributed by atoms with Crippen molar-refractivity contribution in [3.8, 4) is 11.3 Å². The molecule has 1 N–H and O–H groups in total. The molecule has 3 rings (SSSR count). The zero-order chi connectivity index (χ0) is 23.6. The lowest BCUT2D eigenvalue weighted by Gasteiger charge is -2.29. The normalized spacial score (nSPS) is 14.8. The summed E-state index contributed by atoms with van der Waals surface area (Å²) >= 11 is 3.47. The van der Waals surface area contributed by atoms with Gasteiger partial charge >= 0.3 is 11.9 Å². The number of allylic oxidation sites excluding steroid dienone is 2. The number of carbonyl (C=O) groups excluding carboxylic acids is 2. The molecule has 0 aliphatic carbocycles. The van der Waals surface area contributed by atoms with Gasteiger partial charge in [-0.1, -0.05) is 28.1 Å². The van der Waals surface area contributed by atoms with Crippen LogP contribution in [0.5, 0.6) is 0 Å². The van der Waals surface area contributed by atoms with E-state index in [0.717, 1.165) is 10.0 Å². The van der Waals surface area contributed by atoms with E-state index in [1.165, 1.54) is 0 Å². The maximum Gasteiger partial charge on any atom is 0.337 e. The Morgan fingerprint density at radius 1 is 0.938 bits per heavy atom. The monoisotopic (exact) mass is 501 g/mol. The van der Waals surface area contributed by atoms with Gasteiger partial charge in [0.15, 0.2) is 0 Å². The van der Waals surface area contributed by atoms with Crippen molar-refractivity contribution in [1.82, 2.24) is 5.32 Å². The first kappa shape index (κ1) is 23.9. The first-order valence-electron chi connectivity index (χ1n) is 10.5. The summed E-state index contributed by atoms with van der Waals surface area (Å²) in [6.45, 7) is 10.7. The largest absolute Gasteiger partial charge is 0.460 e. The lowest BCUT2D eigenvalue weighted by molar-refractivity contribution is -0.143. The van der Waals surface area contributed by atoms with Crippen molar-refractivity contribution in [2.75, 3.05) is 0 Å². The minimum absolute atomic E-state index is 0.310. The molecule has 0 fully saturated rings. The maximum absolute atomic E-state index is 13.1. The first-order valence-corrected chi connectivity index (χ1v) is 11.3. The summed E-state index contributed by atoms with van der Waals surface area (Å²) in [5, 5.41) is 3.14. The van der Waals surface area contributed by atoms with Crippen molar-refractivity contribution in [2.45, 2.75) is 59.7 Å². The number of dihydropyridines is 1. The lowest BCUT2D eigenvalue weighted by atomic mass is 9.83. The number of halogens is 1. The Labute approximate surface area is 196 Å². The van der Waals surface area contributed by atoms with Gasteiger partial charge in [-0.2, -0.15) is 0 Å². The third-order valence-corrected chi connectivity index (χ3v) is 5.40. The Hall–Kier alpha value is -2.80. The second-order valence-electron chi connectivity index (χ2n) is 8.26. The van der Waals surface area contributed by atoms with Crippen LogP contribution in [0.1, 0.15) is 53.2 Å². The van der Waals surface area contributed by atoms with Gasteiger partial charge in [-0.05, 0) is 65.8 Å². The van der Waals surface area contributed by atoms with Gasteiger partial charge in [0.2, 0.25) is 0 Å². The number of esters is 2. The summed E-state index contributed by atoms with van der Waals surface area (Å²) in [4.78, 5) is 26.2. The zero-order valence-corrected chi connectivity index (χ0v) is 20.7. The fraction of sp³-hybridized carbons (Fsp3) is 0.360. The van der Waals surface area contributed by atoms with Crippen molar-refractivity contribution in [2.24, 2.45) is 0 Å². The average Bonchev–Trinajstić information content (AvgIpc) is 3.16. The molecule has 1 aromatic carbocycles. The van der Waals surface area contributed by atoms with Crippen LogP contribution < -0.4 is 5.32 Å². The molecule has 2 aromatic rings. The van der Waals surface area contributed by atoms with E-state index in [1.54, 1.807) is 47.6 Å². The summed E-state index contributed by atoms with van der Waals surface area (Å²) in [5.41, 5.74) is 2.75. The molecule has 0 saturated carbocycles. The molecule has 170 valence electrons. The van der Waals surface area contributed by atoms with E-state index >= 15 is 0 Å². The maximum atomic E-state index is 13.1. The third kappa shape index (κ3) is 5.15. The minimum atomic E-state index is -0.755. The Bertz CT molecular complexity index is 1050. The van der Waals surface area contributed by atoms with Crippen molar-refractivity contribution in [3.63, 3.8) is 0 Å². The van der Waals surface area contributed by atoms with Crippen LogP contribution in [0.4, 0.5) is 0 Å². The molecule has 0 radical (unpaired) electrons. The Kier molecular flexibility index (Phi) is 7.29. The van der Waals surface area contributed by atoms with E-state index in [9.17, 15) is 9.59 Å². The third-order valence-electron chi connectivity index (χ3n) is 4.91. The predicted molar refractivity (Wildman–Crippen MR) is 126 cm³/mol. The highest BCUT2D eigenvalue weighted by Crippen LogP contribution is 2.41. The van der Waals surface area contributed by atoms with E-state index in [1.807, 2.05) is 30.3 Å². The Balaban J connectivity index is 2.13. The van der Waals surface area contributed by atoms with Gasteiger partial charge in [-0.3, -0.25) is 0 Å². The van der Waals surface area contributed by atoms with E-state index in [4.69, 9.17) is 13.9 Å². The molecular formula is C25H28BrNO5. The van der Waals surface area contributed by atoms with Crippen LogP contribution in [0.15, 0.2) is 67.8 Å². The summed E-state index contributed by atoms with van der Waals surface area (Å²) < 4.78 is 18.1. The van der Waals surface area contributed by atoms with Gasteiger partial charge in [0, 0.05) is 21.4 Å². The highest BCUT2D eigenvalue weighted by Gasteiger charge is 2.40. The van der Waals surface area contributed by atoms with E-state index in [0.29, 0.717) is 34.1 Å². The number of carbonyl (C=O) groups is 2. The topological polar surface area (TPSA) is 77.8 Å². The van der Waals surface area contributed by atoms with Gasteiger partial charge in [0.1, 0.15) is 11.5 Å². The Morgan fingerprint density at radius 2 is 1.50 bits per heavy atom. The number of ether oxygens (including phenoxy) is 2. The van der Waals surface area contributed by atoms with E-state index in [2.05, 4.69) is 21.2 Å². The standard InChI is InChI=1S/C25H28BrNO5/c1-13(2)30-24(28)21-15(5)27-16(6)22(25(29)31-14(3)4)23(21)20-11-10-19(32-20)17-8-7-9-18(26)12-17/h7-14,23,27H,1-6H3. The van der Waals surface area contributed by atoms with Crippen molar-refractivity contribution < 1.29 is 23.5 Å². The highest BCUT2D eigenvalue weighted by atomic mass is 79.9. The lowest BCUT2D eigenvalue weighted by Crippen LogP contribution is -2.33. The molecule has 7 heteroatoms. The van der Waals surface area contributed by atoms with Gasteiger partial charge in [-0.15, -0.1) is 0 Å². The van der Waals surface area contributed by atoms with Crippen LogP contribution in [-0.4, -0.2) is 24.1 Å². The molecule has 1 aliphatic rings. The number of rotatable bonds is 6. The molecule has 0 saturated heterocycles. The molecule has 32 heavy (non-hydrogen) atoms. The van der Waals surface area contributed by atoms with E-state index < -0.39 is 17.9 Å². The highest BCUT2D eigenvalue weighted by molar-refractivity contribution is 9.10. The van der Waals surface area contributed by atoms with Crippen LogP contribution in [0, 0.1) is 0 Å². The number of furan rings is 1. The smallest absolute Gasteiger partial charge is 0.337 e. The van der Waals surface area contributed by atoms with Crippen LogP contribution in [0.25, 0.3) is 11.3 Å². The molecule has 2 heterocycles.